The molecule has 0 unspecified atom stereocenters. The van der Waals surface area contributed by atoms with Crippen molar-refractivity contribution in [1.82, 2.24) is 19.9 Å². The monoisotopic (exact) mass is 483 g/mol. The van der Waals surface area contributed by atoms with E-state index >= 15 is 0 Å². The van der Waals surface area contributed by atoms with E-state index in [1.165, 1.54) is 11.3 Å². The van der Waals surface area contributed by atoms with Crippen molar-refractivity contribution in [2.75, 3.05) is 12.4 Å². The molecule has 1 amide bonds. The predicted octanol–water partition coefficient (Wildman–Crippen LogP) is 4.88. The molecular formula is C26H21N5O3S. The van der Waals surface area contributed by atoms with Gasteiger partial charge >= 0.3 is 0 Å². The lowest BCUT2D eigenvalue weighted by molar-refractivity contribution is 0.102. The Morgan fingerprint density at radius 1 is 1.03 bits per heavy atom. The second-order valence-corrected chi connectivity index (χ2v) is 8.83. The summed E-state index contributed by atoms with van der Waals surface area (Å²) in [5.41, 5.74) is 5.58. The summed E-state index contributed by atoms with van der Waals surface area (Å²) in [4.78, 5) is 30.9. The van der Waals surface area contributed by atoms with Crippen LogP contribution in [-0.2, 0) is 6.61 Å². The van der Waals surface area contributed by atoms with Gasteiger partial charge in [-0.15, -0.1) is 0 Å². The fourth-order valence-corrected chi connectivity index (χ4v) is 4.56. The van der Waals surface area contributed by atoms with Gasteiger partial charge in [0.25, 0.3) is 5.91 Å². The van der Waals surface area contributed by atoms with E-state index in [9.17, 15) is 9.90 Å². The zero-order valence-electron chi connectivity index (χ0n) is 19.0. The van der Waals surface area contributed by atoms with Gasteiger partial charge in [-0.1, -0.05) is 35.6 Å². The summed E-state index contributed by atoms with van der Waals surface area (Å²) in [5.74, 6) is 0.350. The number of carbonyl (C=O) groups is 1. The summed E-state index contributed by atoms with van der Waals surface area (Å²) in [6, 6.07) is 15.0. The number of carbonyl (C=O) groups excluding carboxylic acids is 1. The van der Waals surface area contributed by atoms with Gasteiger partial charge in [0.05, 0.1) is 29.7 Å². The summed E-state index contributed by atoms with van der Waals surface area (Å²) in [6.07, 6.45) is 4.89. The van der Waals surface area contributed by atoms with Gasteiger partial charge in [0, 0.05) is 41.0 Å². The lowest BCUT2D eigenvalue weighted by Gasteiger charge is -2.13. The maximum atomic E-state index is 13.3. The van der Waals surface area contributed by atoms with Crippen molar-refractivity contribution in [1.29, 1.82) is 0 Å². The molecule has 4 aromatic heterocycles. The largest absolute Gasteiger partial charge is 0.496 e. The molecule has 0 bridgehead atoms. The van der Waals surface area contributed by atoms with Crippen LogP contribution in [0.15, 0.2) is 67.1 Å². The first-order chi connectivity index (χ1) is 17.1. The summed E-state index contributed by atoms with van der Waals surface area (Å²) in [5, 5.41) is 12.5. The molecule has 2 N–H and O–H groups in total. The highest BCUT2D eigenvalue weighted by atomic mass is 32.1. The molecule has 0 fully saturated rings. The molecule has 0 saturated heterocycles. The van der Waals surface area contributed by atoms with Crippen LogP contribution in [-0.4, -0.2) is 38.1 Å². The normalized spacial score (nSPS) is 10.9. The van der Waals surface area contributed by atoms with Crippen LogP contribution >= 0.6 is 11.3 Å². The molecule has 9 heteroatoms. The summed E-state index contributed by atoms with van der Waals surface area (Å²) < 4.78 is 6.32. The molecule has 174 valence electrons. The number of aliphatic hydroxyl groups excluding tert-OH is 1. The molecule has 1 aromatic carbocycles. The summed E-state index contributed by atoms with van der Waals surface area (Å²) in [6.45, 7) is 1.82. The number of amides is 1. The Balaban J connectivity index is 1.45. The number of para-hydroxylation sites is 1. The Hall–Kier alpha value is -4.21. The van der Waals surface area contributed by atoms with Crippen LogP contribution in [0, 0.1) is 6.92 Å². The Labute approximate surface area is 205 Å². The first-order valence-electron chi connectivity index (χ1n) is 10.8. The lowest BCUT2D eigenvalue weighted by atomic mass is 9.99. The molecule has 8 nitrogen and oxygen atoms in total. The molecule has 0 aliphatic carbocycles. The van der Waals surface area contributed by atoms with Gasteiger partial charge in [0.15, 0.2) is 10.8 Å². The van der Waals surface area contributed by atoms with Gasteiger partial charge in [-0.3, -0.25) is 20.1 Å². The van der Waals surface area contributed by atoms with E-state index < -0.39 is 0 Å². The molecule has 0 saturated carbocycles. The highest BCUT2D eigenvalue weighted by Gasteiger charge is 2.18. The predicted molar refractivity (Wildman–Crippen MR) is 135 cm³/mol. The lowest BCUT2D eigenvalue weighted by Crippen LogP contribution is -2.14. The summed E-state index contributed by atoms with van der Waals surface area (Å²) >= 11 is 1.33. The number of rotatable bonds is 6. The Morgan fingerprint density at radius 3 is 2.66 bits per heavy atom. The van der Waals surface area contributed by atoms with Crippen molar-refractivity contribution >= 4 is 32.7 Å². The molecule has 0 atom stereocenters. The third kappa shape index (κ3) is 4.59. The van der Waals surface area contributed by atoms with Gasteiger partial charge in [-0.05, 0) is 36.8 Å². The topological polar surface area (TPSA) is 110 Å². The van der Waals surface area contributed by atoms with Crippen molar-refractivity contribution in [3.8, 4) is 28.1 Å². The average molecular weight is 484 g/mol. The minimum atomic E-state index is -0.320. The van der Waals surface area contributed by atoms with E-state index in [0.717, 1.165) is 38.3 Å². The second-order valence-electron chi connectivity index (χ2n) is 7.80. The number of benzene rings is 1. The van der Waals surface area contributed by atoms with Crippen molar-refractivity contribution in [3.05, 3.63) is 83.9 Å². The number of thiazole rings is 1. The van der Waals surface area contributed by atoms with Crippen molar-refractivity contribution in [2.45, 2.75) is 13.5 Å². The Kier molecular flexibility index (Phi) is 6.17. The zero-order chi connectivity index (χ0) is 24.4. The standard InChI is InChI=1S/C26H21N5O3S/c1-15-9-19(18-5-3-4-6-22(18)34-2)20(13-27-15)25(33)31-26-30-24-23(35-26)10-17(12-29-24)21-8-7-16(14-32)11-28-21/h3-13,32H,14H2,1-2H3,(H,29,30,31,33). The van der Waals surface area contributed by atoms with Crippen LogP contribution in [0.1, 0.15) is 21.6 Å². The number of aromatic nitrogens is 4. The number of nitrogens with one attached hydrogen (secondary N) is 1. The van der Waals surface area contributed by atoms with Crippen LogP contribution in [0.3, 0.4) is 0 Å². The van der Waals surface area contributed by atoms with Crippen LogP contribution < -0.4 is 10.1 Å². The third-order valence-electron chi connectivity index (χ3n) is 5.45. The highest BCUT2D eigenvalue weighted by Crippen LogP contribution is 2.34. The SMILES string of the molecule is COc1ccccc1-c1cc(C)ncc1C(=O)Nc1nc2ncc(-c3ccc(CO)cn3)cc2s1. The molecule has 0 radical (unpaired) electrons. The number of fused-ring (bicyclic) bond motifs is 1. The van der Waals surface area contributed by atoms with Gasteiger partial charge in [0.2, 0.25) is 0 Å². The number of methoxy groups -OCH3 is 1. The van der Waals surface area contributed by atoms with Gasteiger partial charge in [-0.25, -0.2) is 4.98 Å². The summed E-state index contributed by atoms with van der Waals surface area (Å²) in [7, 11) is 1.60. The molecule has 5 aromatic rings. The Bertz CT molecular complexity index is 1530. The third-order valence-corrected chi connectivity index (χ3v) is 6.36. The van der Waals surface area contributed by atoms with E-state index in [-0.39, 0.29) is 12.5 Å². The number of nitrogens with zero attached hydrogens (tertiary/aromatic N) is 4. The van der Waals surface area contributed by atoms with E-state index in [4.69, 9.17) is 4.74 Å². The smallest absolute Gasteiger partial charge is 0.259 e. The quantitative estimate of drug-likeness (QED) is 0.354. The molecule has 4 heterocycles. The maximum Gasteiger partial charge on any atom is 0.259 e. The number of ether oxygens (including phenoxy) is 1. The van der Waals surface area contributed by atoms with Gasteiger partial charge < -0.3 is 9.84 Å². The van der Waals surface area contributed by atoms with Crippen LogP contribution in [0.5, 0.6) is 5.75 Å². The van der Waals surface area contributed by atoms with E-state index in [2.05, 4.69) is 25.3 Å². The molecule has 0 aliphatic heterocycles. The fourth-order valence-electron chi connectivity index (χ4n) is 3.70. The van der Waals surface area contributed by atoms with E-state index in [1.807, 2.05) is 55.5 Å². The minimum absolute atomic E-state index is 0.0578. The minimum Gasteiger partial charge on any atom is -0.496 e. The fraction of sp³-hybridized carbons (Fsp3) is 0.115. The first-order valence-corrected chi connectivity index (χ1v) is 11.6. The van der Waals surface area contributed by atoms with E-state index in [0.29, 0.717) is 22.1 Å². The molecule has 0 spiro atoms. The van der Waals surface area contributed by atoms with Gasteiger partial charge in [0.1, 0.15) is 5.75 Å². The van der Waals surface area contributed by atoms with Gasteiger partial charge in [-0.2, -0.15) is 4.98 Å². The highest BCUT2D eigenvalue weighted by molar-refractivity contribution is 7.22. The molecular weight excluding hydrogens is 462 g/mol. The number of aryl methyl sites for hydroxylation is 1. The van der Waals surface area contributed by atoms with Crippen molar-refractivity contribution in [2.24, 2.45) is 0 Å². The van der Waals surface area contributed by atoms with Crippen molar-refractivity contribution in [3.63, 3.8) is 0 Å². The number of hydrogen-bond acceptors (Lipinski definition) is 8. The Morgan fingerprint density at radius 2 is 1.89 bits per heavy atom. The molecule has 5 rings (SSSR count). The van der Waals surface area contributed by atoms with Crippen LogP contribution in [0.4, 0.5) is 5.13 Å². The number of pyridine rings is 3. The first kappa shape index (κ1) is 22.6. The second kappa shape index (κ2) is 9.57. The molecule has 0 aliphatic rings. The van der Waals surface area contributed by atoms with Crippen molar-refractivity contribution < 1.29 is 14.6 Å². The van der Waals surface area contributed by atoms with E-state index in [1.54, 1.807) is 25.7 Å². The number of hydrogen-bond donors (Lipinski definition) is 2. The number of aliphatic hydroxyl groups is 1. The zero-order valence-corrected chi connectivity index (χ0v) is 19.8. The number of anilines is 1. The maximum absolute atomic E-state index is 13.3. The van der Waals surface area contributed by atoms with Crippen LogP contribution in [0.25, 0.3) is 32.7 Å². The van der Waals surface area contributed by atoms with Crippen LogP contribution in [0.2, 0.25) is 0 Å². The molecule has 35 heavy (non-hydrogen) atoms. The average Bonchev–Trinajstić information content (AvgIpc) is 3.30.